The first-order valence-electron chi connectivity index (χ1n) is 6.71. The van der Waals surface area contributed by atoms with Crippen LogP contribution in [0.4, 0.5) is 4.79 Å². The van der Waals surface area contributed by atoms with Gasteiger partial charge in [0.1, 0.15) is 11.6 Å². The van der Waals surface area contributed by atoms with Gasteiger partial charge in [0.2, 0.25) is 0 Å². The van der Waals surface area contributed by atoms with E-state index in [0.29, 0.717) is 12.0 Å². The third kappa shape index (κ3) is 9.40. The predicted octanol–water partition coefficient (Wildman–Crippen LogP) is 2.08. The highest BCUT2D eigenvalue weighted by molar-refractivity contribution is 5.81. The van der Waals surface area contributed by atoms with Crippen LogP contribution in [0.5, 0.6) is 0 Å². The Morgan fingerprint density at radius 1 is 1.43 bits per heavy atom. The topological polar surface area (TPSA) is 101 Å². The molecule has 0 aromatic carbocycles. The lowest BCUT2D eigenvalue weighted by Gasteiger charge is -2.22. The maximum Gasteiger partial charge on any atom is 0.408 e. The lowest BCUT2D eigenvalue weighted by Crippen LogP contribution is -2.44. The monoisotopic (exact) mass is 297 g/mol. The largest absolute Gasteiger partial charge is 0.464 e. The fourth-order valence-corrected chi connectivity index (χ4v) is 1.42. The van der Waals surface area contributed by atoms with Crippen LogP contribution in [0.25, 0.3) is 5.53 Å². The molecule has 0 saturated heterocycles. The van der Waals surface area contributed by atoms with Gasteiger partial charge in [-0.1, -0.05) is 6.58 Å². The van der Waals surface area contributed by atoms with Crippen molar-refractivity contribution in [2.45, 2.75) is 52.2 Å². The zero-order valence-electron chi connectivity index (χ0n) is 13.0. The number of nitrogens with one attached hydrogen (secondary N) is 1. The van der Waals surface area contributed by atoms with E-state index in [2.05, 4.69) is 16.7 Å². The molecule has 1 amide bonds. The fraction of sp³-hybridized carbons (Fsp3) is 0.643. The highest BCUT2D eigenvalue weighted by Gasteiger charge is 2.25. The number of carbonyl (C=O) groups is 2. The van der Waals surface area contributed by atoms with Crippen LogP contribution in [-0.4, -0.2) is 41.3 Å². The average molecular weight is 297 g/mol. The summed E-state index contributed by atoms with van der Waals surface area (Å²) in [5.74, 6) is -0.544. The number of hydrogen-bond acceptors (Lipinski definition) is 4. The molecule has 1 atom stereocenters. The Labute approximate surface area is 124 Å². The average Bonchev–Trinajstić information content (AvgIpc) is 2.32. The third-order valence-electron chi connectivity index (χ3n) is 2.26. The molecule has 7 nitrogen and oxygen atoms in total. The van der Waals surface area contributed by atoms with Gasteiger partial charge >= 0.3 is 12.1 Å². The van der Waals surface area contributed by atoms with Gasteiger partial charge in [-0.3, -0.25) is 0 Å². The minimum atomic E-state index is -0.844. The summed E-state index contributed by atoms with van der Waals surface area (Å²) in [7, 11) is 0. The van der Waals surface area contributed by atoms with E-state index in [1.807, 2.05) is 0 Å². The van der Waals surface area contributed by atoms with Crippen molar-refractivity contribution >= 4 is 18.3 Å². The zero-order chi connectivity index (χ0) is 16.5. The molecule has 21 heavy (non-hydrogen) atoms. The molecular weight excluding hydrogens is 274 g/mol. The molecule has 0 bridgehead atoms. The number of esters is 1. The summed E-state index contributed by atoms with van der Waals surface area (Å²) < 4.78 is 10.0. The van der Waals surface area contributed by atoms with E-state index in [0.717, 1.165) is 0 Å². The molecule has 0 aromatic heterocycles. The van der Waals surface area contributed by atoms with Crippen molar-refractivity contribution in [3.05, 3.63) is 17.7 Å². The van der Waals surface area contributed by atoms with E-state index >= 15 is 0 Å². The molecule has 0 fully saturated rings. The molecule has 0 saturated carbocycles. The van der Waals surface area contributed by atoms with Gasteiger partial charge in [-0.15, -0.1) is 0 Å². The molecule has 1 N–H and O–H groups in total. The molecular formula is C14H23N3O4. The Morgan fingerprint density at radius 2 is 2.05 bits per heavy atom. The van der Waals surface area contributed by atoms with Gasteiger partial charge in [-0.25, -0.2) is 9.59 Å². The SMILES string of the molecule is C=C(C=[N+]=[N-])CC[C@H](NC(=O)OC(C)(C)C)C(=O)OCC. The van der Waals surface area contributed by atoms with Crippen molar-refractivity contribution < 1.29 is 23.9 Å². The van der Waals surface area contributed by atoms with Crippen LogP contribution in [-0.2, 0) is 14.3 Å². The molecule has 118 valence electrons. The van der Waals surface area contributed by atoms with Gasteiger partial charge in [-0.05, 0) is 40.5 Å². The first-order chi connectivity index (χ1) is 9.69. The van der Waals surface area contributed by atoms with Gasteiger partial charge in [0.25, 0.3) is 6.21 Å². The van der Waals surface area contributed by atoms with Crippen LogP contribution in [0.15, 0.2) is 12.2 Å². The van der Waals surface area contributed by atoms with Crippen molar-refractivity contribution in [1.29, 1.82) is 0 Å². The van der Waals surface area contributed by atoms with E-state index in [9.17, 15) is 9.59 Å². The minimum Gasteiger partial charge on any atom is -0.464 e. The number of nitrogens with zero attached hydrogens (tertiary/aromatic N) is 2. The van der Waals surface area contributed by atoms with Gasteiger partial charge in [-0.2, -0.15) is 4.79 Å². The number of rotatable bonds is 7. The quantitative estimate of drug-likeness (QED) is 0.336. The molecule has 0 aliphatic rings. The Morgan fingerprint density at radius 3 is 2.52 bits per heavy atom. The molecule has 7 heteroatoms. The predicted molar refractivity (Wildman–Crippen MR) is 77.8 cm³/mol. The standard InChI is InChI=1S/C14H23N3O4/c1-6-20-12(18)11(8-7-10(2)9-16-15)17-13(19)21-14(3,4)5/h9,11H,2,6-8H2,1,3-5H3,(H,17,19)/t11-/m0/s1. The lowest BCUT2D eigenvalue weighted by molar-refractivity contribution is -0.145. The van der Waals surface area contributed by atoms with Crippen molar-refractivity contribution in [2.75, 3.05) is 6.61 Å². The van der Waals surface area contributed by atoms with Crippen molar-refractivity contribution in [2.24, 2.45) is 0 Å². The van der Waals surface area contributed by atoms with E-state index in [1.165, 1.54) is 6.21 Å². The molecule has 0 unspecified atom stereocenters. The van der Waals surface area contributed by atoms with Gasteiger partial charge < -0.3 is 20.3 Å². The second-order valence-electron chi connectivity index (χ2n) is 5.39. The van der Waals surface area contributed by atoms with Crippen LogP contribution in [0.2, 0.25) is 0 Å². The fourth-order valence-electron chi connectivity index (χ4n) is 1.42. The molecule has 0 heterocycles. The summed E-state index contributed by atoms with van der Waals surface area (Å²) in [5, 5.41) is 2.47. The van der Waals surface area contributed by atoms with Gasteiger partial charge in [0.15, 0.2) is 0 Å². The molecule has 0 rings (SSSR count). The van der Waals surface area contributed by atoms with Gasteiger partial charge in [0.05, 0.1) is 6.61 Å². The molecule has 0 aromatic rings. The van der Waals surface area contributed by atoms with Crippen molar-refractivity contribution in [1.82, 2.24) is 5.32 Å². The van der Waals surface area contributed by atoms with Crippen molar-refractivity contribution in [3.63, 3.8) is 0 Å². The number of allylic oxidation sites excluding steroid dienone is 1. The smallest absolute Gasteiger partial charge is 0.408 e. The van der Waals surface area contributed by atoms with E-state index in [-0.39, 0.29) is 13.0 Å². The summed E-state index contributed by atoms with van der Waals surface area (Å²) in [6.07, 6.45) is 1.11. The molecule has 0 radical (unpaired) electrons. The van der Waals surface area contributed by atoms with Crippen LogP contribution in [0.1, 0.15) is 40.5 Å². The lowest BCUT2D eigenvalue weighted by atomic mass is 10.1. The number of carbonyl (C=O) groups excluding carboxylic acids is 2. The highest BCUT2D eigenvalue weighted by atomic mass is 16.6. The first-order valence-corrected chi connectivity index (χ1v) is 6.71. The molecule has 0 aliphatic carbocycles. The second kappa shape index (κ2) is 8.92. The summed E-state index contributed by atoms with van der Waals surface area (Å²) in [4.78, 5) is 26.4. The Hall–Kier alpha value is -2.14. The van der Waals surface area contributed by atoms with E-state index < -0.39 is 23.7 Å². The number of amides is 1. The Bertz CT molecular complexity index is 434. The van der Waals surface area contributed by atoms with Gasteiger partial charge in [0, 0.05) is 5.57 Å². The Balaban J connectivity index is 4.66. The van der Waals surface area contributed by atoms with E-state index in [1.54, 1.807) is 27.7 Å². The zero-order valence-corrected chi connectivity index (χ0v) is 13.0. The normalized spacial score (nSPS) is 11.8. The number of hydrogen-bond donors (Lipinski definition) is 1. The third-order valence-corrected chi connectivity index (χ3v) is 2.26. The highest BCUT2D eigenvalue weighted by Crippen LogP contribution is 2.09. The van der Waals surface area contributed by atoms with E-state index in [4.69, 9.17) is 15.0 Å². The maximum absolute atomic E-state index is 11.8. The number of ether oxygens (including phenoxy) is 2. The summed E-state index contributed by atoms with van der Waals surface area (Å²) >= 11 is 0. The number of alkyl carbamates (subject to hydrolysis) is 1. The van der Waals surface area contributed by atoms with Crippen molar-refractivity contribution in [3.8, 4) is 0 Å². The second-order valence-corrected chi connectivity index (χ2v) is 5.39. The first kappa shape index (κ1) is 18.9. The molecule has 0 spiro atoms. The summed E-state index contributed by atoms with van der Waals surface area (Å²) in [6.45, 7) is 10.7. The van der Waals surface area contributed by atoms with Crippen LogP contribution in [0.3, 0.4) is 0 Å². The summed E-state index contributed by atoms with van der Waals surface area (Å²) in [6, 6.07) is -0.844. The Kier molecular flexibility index (Phi) is 8.01. The molecule has 0 aliphatic heterocycles. The van der Waals surface area contributed by atoms with Crippen LogP contribution >= 0.6 is 0 Å². The van der Waals surface area contributed by atoms with Crippen LogP contribution in [0, 0.1) is 0 Å². The summed E-state index contributed by atoms with van der Waals surface area (Å²) in [5.41, 5.74) is 8.26. The van der Waals surface area contributed by atoms with Crippen LogP contribution < -0.4 is 5.32 Å². The maximum atomic E-state index is 11.8. The minimum absolute atomic E-state index is 0.213.